The minimum Gasteiger partial charge on any atom is -0.310 e. The van der Waals surface area contributed by atoms with Crippen molar-refractivity contribution < 1.29 is 4.79 Å². The van der Waals surface area contributed by atoms with Gasteiger partial charge in [-0.2, -0.15) is 5.26 Å². The molecule has 0 saturated carbocycles. The maximum atomic E-state index is 12.5. The normalized spacial score (nSPS) is 12.9. The third-order valence-corrected chi connectivity index (χ3v) is 3.93. The van der Waals surface area contributed by atoms with Crippen LogP contribution in [0.25, 0.3) is 0 Å². The van der Waals surface area contributed by atoms with Gasteiger partial charge in [0.2, 0.25) is 5.91 Å². The van der Waals surface area contributed by atoms with Crippen molar-refractivity contribution in [1.29, 1.82) is 5.26 Å². The lowest BCUT2D eigenvalue weighted by Crippen LogP contribution is -2.31. The highest BCUT2D eigenvalue weighted by atomic mass is 35.5. The van der Waals surface area contributed by atoms with Crippen LogP contribution in [0.3, 0.4) is 0 Å². The average molecular weight is 298 g/mol. The van der Waals surface area contributed by atoms with Gasteiger partial charge in [0.25, 0.3) is 0 Å². The number of hydrogen-bond acceptors (Lipinski definition) is 3. The Hall–Kier alpha value is -2.38. The summed E-state index contributed by atoms with van der Waals surface area (Å²) < 4.78 is 0. The monoisotopic (exact) mass is 297 g/mol. The SMILES string of the molecule is N#Cc1cccc2c1N(C(=O)Cc1cccnc1Cl)CC2. The fourth-order valence-corrected chi connectivity index (χ4v) is 2.79. The molecule has 0 bridgehead atoms. The molecule has 1 amide bonds. The zero-order chi connectivity index (χ0) is 14.8. The molecule has 1 aromatic heterocycles. The molecule has 0 unspecified atom stereocenters. The fourth-order valence-electron chi connectivity index (χ4n) is 2.61. The Labute approximate surface area is 127 Å². The Morgan fingerprint density at radius 3 is 3.00 bits per heavy atom. The Morgan fingerprint density at radius 1 is 1.38 bits per heavy atom. The number of rotatable bonds is 2. The van der Waals surface area contributed by atoms with Gasteiger partial charge in [0.15, 0.2) is 0 Å². The summed E-state index contributed by atoms with van der Waals surface area (Å²) in [6.45, 7) is 0.602. The number of hydrogen-bond donors (Lipinski definition) is 0. The number of nitrogens with zero attached hydrogens (tertiary/aromatic N) is 3. The van der Waals surface area contributed by atoms with Gasteiger partial charge in [-0.1, -0.05) is 29.8 Å². The van der Waals surface area contributed by atoms with Crippen molar-refractivity contribution >= 4 is 23.2 Å². The van der Waals surface area contributed by atoms with Crippen LogP contribution in [0.4, 0.5) is 5.69 Å². The number of carbonyl (C=O) groups is 1. The van der Waals surface area contributed by atoms with Gasteiger partial charge in [-0.15, -0.1) is 0 Å². The Bertz CT molecular complexity index is 751. The second-order valence-electron chi connectivity index (χ2n) is 4.85. The Balaban J connectivity index is 1.90. The molecule has 1 aliphatic heterocycles. The molecule has 1 aromatic carbocycles. The number of amides is 1. The summed E-state index contributed by atoms with van der Waals surface area (Å²) in [6, 6.07) is 11.3. The Kier molecular flexibility index (Phi) is 3.59. The Morgan fingerprint density at radius 2 is 2.24 bits per heavy atom. The highest BCUT2D eigenvalue weighted by Crippen LogP contribution is 2.32. The van der Waals surface area contributed by atoms with Gasteiger partial charge >= 0.3 is 0 Å². The van der Waals surface area contributed by atoms with Crippen molar-refractivity contribution in [3.63, 3.8) is 0 Å². The largest absolute Gasteiger partial charge is 0.310 e. The minimum atomic E-state index is -0.0636. The van der Waals surface area contributed by atoms with Crippen molar-refractivity contribution in [1.82, 2.24) is 4.98 Å². The van der Waals surface area contributed by atoms with Crippen molar-refractivity contribution in [3.8, 4) is 6.07 Å². The standard InChI is InChI=1S/C16H12ClN3O/c17-16-12(5-2-7-19-16)9-14(21)20-8-6-11-3-1-4-13(10-18)15(11)20/h1-5,7H,6,8-9H2. The van der Waals surface area contributed by atoms with Gasteiger partial charge in [-0.25, -0.2) is 4.98 Å². The van der Waals surface area contributed by atoms with Crippen molar-refractivity contribution in [2.24, 2.45) is 0 Å². The summed E-state index contributed by atoms with van der Waals surface area (Å²) in [7, 11) is 0. The van der Waals surface area contributed by atoms with Crippen LogP contribution in [0.1, 0.15) is 16.7 Å². The van der Waals surface area contributed by atoms with E-state index >= 15 is 0 Å². The van der Waals surface area contributed by atoms with Crippen LogP contribution in [-0.4, -0.2) is 17.4 Å². The van der Waals surface area contributed by atoms with E-state index in [2.05, 4.69) is 11.1 Å². The molecule has 0 spiro atoms. The molecule has 4 nitrogen and oxygen atoms in total. The first-order valence-corrected chi connectivity index (χ1v) is 7.00. The molecule has 2 aromatic rings. The number of para-hydroxylation sites is 1. The smallest absolute Gasteiger partial charge is 0.231 e. The lowest BCUT2D eigenvalue weighted by atomic mass is 10.1. The average Bonchev–Trinajstić information content (AvgIpc) is 2.93. The molecular formula is C16H12ClN3O. The van der Waals surface area contributed by atoms with E-state index in [1.54, 1.807) is 29.3 Å². The molecule has 0 saturated heterocycles. The van der Waals surface area contributed by atoms with Crippen molar-refractivity contribution in [2.45, 2.75) is 12.8 Å². The minimum absolute atomic E-state index is 0.0636. The number of fused-ring (bicyclic) bond motifs is 1. The summed E-state index contributed by atoms with van der Waals surface area (Å²) >= 11 is 6.00. The number of pyridine rings is 1. The highest BCUT2D eigenvalue weighted by Gasteiger charge is 2.27. The molecule has 104 valence electrons. The maximum absolute atomic E-state index is 12.5. The summed E-state index contributed by atoms with van der Waals surface area (Å²) in [4.78, 5) is 18.2. The van der Waals surface area contributed by atoms with Crippen LogP contribution in [0.2, 0.25) is 5.15 Å². The molecule has 3 rings (SSSR count). The molecular weight excluding hydrogens is 286 g/mol. The second kappa shape index (κ2) is 5.55. The molecule has 0 N–H and O–H groups in total. The van der Waals surface area contributed by atoms with E-state index in [0.717, 1.165) is 17.7 Å². The first kappa shape index (κ1) is 13.6. The summed E-state index contributed by atoms with van der Waals surface area (Å²) in [5, 5.41) is 9.56. The van der Waals surface area contributed by atoms with Crippen molar-refractivity contribution in [2.75, 3.05) is 11.4 Å². The van der Waals surface area contributed by atoms with Crippen LogP contribution >= 0.6 is 11.6 Å². The summed E-state index contributed by atoms with van der Waals surface area (Å²) in [6.07, 6.45) is 2.55. The van der Waals surface area contributed by atoms with E-state index < -0.39 is 0 Å². The van der Waals surface area contributed by atoms with Gasteiger partial charge in [-0.3, -0.25) is 4.79 Å². The lowest BCUT2D eigenvalue weighted by molar-refractivity contribution is -0.117. The molecule has 1 aliphatic rings. The zero-order valence-corrected chi connectivity index (χ0v) is 12.0. The molecule has 0 radical (unpaired) electrons. The number of nitriles is 1. The van der Waals surface area contributed by atoms with E-state index in [0.29, 0.717) is 22.8 Å². The number of aromatic nitrogens is 1. The van der Waals surface area contributed by atoms with Crippen LogP contribution in [0.5, 0.6) is 0 Å². The van der Waals surface area contributed by atoms with E-state index in [-0.39, 0.29) is 12.3 Å². The number of carbonyl (C=O) groups excluding carboxylic acids is 1. The first-order valence-electron chi connectivity index (χ1n) is 6.62. The van der Waals surface area contributed by atoms with Gasteiger partial charge in [0.1, 0.15) is 11.2 Å². The first-order chi connectivity index (χ1) is 10.2. The predicted molar refractivity (Wildman–Crippen MR) is 80.2 cm³/mol. The molecule has 0 fully saturated rings. The van der Waals surface area contributed by atoms with E-state index in [1.165, 1.54) is 0 Å². The fraction of sp³-hybridized carbons (Fsp3) is 0.188. The number of anilines is 1. The molecule has 0 aliphatic carbocycles. The quantitative estimate of drug-likeness (QED) is 0.801. The molecule has 5 heteroatoms. The molecule has 2 heterocycles. The summed E-state index contributed by atoms with van der Waals surface area (Å²) in [5.74, 6) is -0.0636. The van der Waals surface area contributed by atoms with Crippen molar-refractivity contribution in [3.05, 3.63) is 58.4 Å². The number of halogens is 1. The van der Waals surface area contributed by atoms with Gasteiger partial charge < -0.3 is 4.90 Å². The second-order valence-corrected chi connectivity index (χ2v) is 5.21. The summed E-state index contributed by atoms with van der Waals surface area (Å²) in [5.41, 5.74) is 3.02. The van der Waals surface area contributed by atoms with Crippen LogP contribution in [-0.2, 0) is 17.6 Å². The van der Waals surface area contributed by atoms with E-state index in [9.17, 15) is 10.1 Å². The zero-order valence-electron chi connectivity index (χ0n) is 11.2. The van der Waals surface area contributed by atoms with E-state index in [1.807, 2.05) is 12.1 Å². The topological polar surface area (TPSA) is 57.0 Å². The third-order valence-electron chi connectivity index (χ3n) is 3.59. The molecule has 21 heavy (non-hydrogen) atoms. The highest BCUT2D eigenvalue weighted by molar-refractivity contribution is 6.30. The van der Waals surface area contributed by atoms with Crippen LogP contribution in [0, 0.1) is 11.3 Å². The van der Waals surface area contributed by atoms with Crippen LogP contribution < -0.4 is 4.90 Å². The third kappa shape index (κ3) is 2.48. The maximum Gasteiger partial charge on any atom is 0.231 e. The predicted octanol–water partition coefficient (Wildman–Crippen LogP) is 2.74. The van der Waals surface area contributed by atoms with Gasteiger partial charge in [0, 0.05) is 12.7 Å². The van der Waals surface area contributed by atoms with Gasteiger partial charge in [0.05, 0.1) is 17.7 Å². The van der Waals surface area contributed by atoms with Gasteiger partial charge in [-0.05, 0) is 29.7 Å². The molecule has 0 atom stereocenters. The van der Waals surface area contributed by atoms with Crippen LogP contribution in [0.15, 0.2) is 36.5 Å². The van der Waals surface area contributed by atoms with E-state index in [4.69, 9.17) is 11.6 Å². The lowest BCUT2D eigenvalue weighted by Gasteiger charge is -2.18. The number of benzene rings is 1.